The molecule has 4 heteroatoms. The number of rotatable bonds is 4. The van der Waals surface area contributed by atoms with Crippen LogP contribution in [0, 0.1) is 5.92 Å². The molecule has 0 aromatic heterocycles. The molecule has 19 heavy (non-hydrogen) atoms. The maximum atomic E-state index is 11.5. The Morgan fingerprint density at radius 2 is 2.26 bits per heavy atom. The zero-order valence-electron chi connectivity index (χ0n) is 11.4. The van der Waals surface area contributed by atoms with Gasteiger partial charge in [0.15, 0.2) is 0 Å². The monoisotopic (exact) mass is 281 g/mol. The third kappa shape index (κ3) is 3.21. The molecule has 1 N–H and O–H groups in total. The Kier molecular flexibility index (Phi) is 4.70. The van der Waals surface area contributed by atoms with Crippen molar-refractivity contribution in [2.45, 2.75) is 38.6 Å². The van der Waals surface area contributed by atoms with E-state index in [-0.39, 0.29) is 5.97 Å². The van der Waals surface area contributed by atoms with Crippen molar-refractivity contribution in [1.82, 2.24) is 0 Å². The van der Waals surface area contributed by atoms with Gasteiger partial charge in [0.25, 0.3) is 0 Å². The molecule has 1 aromatic rings. The summed E-state index contributed by atoms with van der Waals surface area (Å²) >= 11 is 6.20. The highest BCUT2D eigenvalue weighted by Crippen LogP contribution is 2.33. The molecule has 0 aliphatic heterocycles. The highest BCUT2D eigenvalue weighted by molar-refractivity contribution is 6.33. The summed E-state index contributed by atoms with van der Waals surface area (Å²) in [7, 11) is 1.38. The van der Waals surface area contributed by atoms with E-state index in [0.29, 0.717) is 22.5 Å². The van der Waals surface area contributed by atoms with E-state index >= 15 is 0 Å². The van der Waals surface area contributed by atoms with E-state index in [9.17, 15) is 4.79 Å². The molecule has 2 atom stereocenters. The number of halogens is 1. The van der Waals surface area contributed by atoms with Crippen LogP contribution in [0.3, 0.4) is 0 Å². The second kappa shape index (κ2) is 6.29. The second-order valence-corrected chi connectivity index (χ2v) is 5.44. The normalized spacial score (nSPS) is 22.3. The molecule has 2 rings (SSSR count). The van der Waals surface area contributed by atoms with Gasteiger partial charge < -0.3 is 10.1 Å². The number of methoxy groups -OCH3 is 1. The number of anilines is 1. The van der Waals surface area contributed by atoms with Gasteiger partial charge >= 0.3 is 5.97 Å². The molecule has 0 spiro atoms. The van der Waals surface area contributed by atoms with Gasteiger partial charge in [-0.25, -0.2) is 4.79 Å². The van der Waals surface area contributed by atoms with Crippen LogP contribution < -0.4 is 5.32 Å². The fourth-order valence-corrected chi connectivity index (χ4v) is 2.97. The van der Waals surface area contributed by atoms with Gasteiger partial charge in [0.05, 0.1) is 23.4 Å². The fraction of sp³-hybridized carbons (Fsp3) is 0.533. The smallest absolute Gasteiger partial charge is 0.337 e. The summed E-state index contributed by atoms with van der Waals surface area (Å²) in [5.74, 6) is 0.357. The van der Waals surface area contributed by atoms with E-state index in [0.717, 1.165) is 12.1 Å². The number of benzene rings is 1. The van der Waals surface area contributed by atoms with Gasteiger partial charge in [0.2, 0.25) is 0 Å². The second-order valence-electron chi connectivity index (χ2n) is 5.04. The van der Waals surface area contributed by atoms with Crippen molar-refractivity contribution in [1.29, 1.82) is 0 Å². The summed E-state index contributed by atoms with van der Waals surface area (Å²) in [5.41, 5.74) is 1.36. The van der Waals surface area contributed by atoms with Gasteiger partial charge in [-0.05, 0) is 37.0 Å². The van der Waals surface area contributed by atoms with Crippen molar-refractivity contribution in [3.8, 4) is 0 Å². The molecular formula is C15H20ClNO2. The van der Waals surface area contributed by atoms with E-state index in [1.165, 1.54) is 26.4 Å². The number of hydrogen-bond donors (Lipinski definition) is 1. The first-order valence-corrected chi connectivity index (χ1v) is 7.18. The molecule has 1 aromatic carbocycles. The third-order valence-corrected chi connectivity index (χ3v) is 4.24. The zero-order valence-corrected chi connectivity index (χ0v) is 12.2. The first kappa shape index (κ1) is 14.2. The Hall–Kier alpha value is -1.22. The van der Waals surface area contributed by atoms with Gasteiger partial charge in [-0.15, -0.1) is 0 Å². The van der Waals surface area contributed by atoms with E-state index in [4.69, 9.17) is 16.3 Å². The van der Waals surface area contributed by atoms with Crippen molar-refractivity contribution in [2.75, 3.05) is 12.4 Å². The Bertz CT molecular complexity index is 461. The van der Waals surface area contributed by atoms with Crippen molar-refractivity contribution in [2.24, 2.45) is 5.92 Å². The Morgan fingerprint density at radius 1 is 1.47 bits per heavy atom. The SMILES string of the molecule is CCC1CCCC1Nc1cc(C(=O)OC)ccc1Cl. The van der Waals surface area contributed by atoms with E-state index in [2.05, 4.69) is 12.2 Å². The van der Waals surface area contributed by atoms with Crippen LogP contribution >= 0.6 is 11.6 Å². The predicted octanol–water partition coefficient (Wildman–Crippen LogP) is 4.12. The zero-order chi connectivity index (χ0) is 13.8. The molecular weight excluding hydrogens is 262 g/mol. The minimum atomic E-state index is -0.335. The molecule has 0 saturated heterocycles. The van der Waals surface area contributed by atoms with Crippen LogP contribution in [0.1, 0.15) is 43.0 Å². The highest BCUT2D eigenvalue weighted by atomic mass is 35.5. The number of ether oxygens (including phenoxy) is 1. The Labute approximate surface area is 119 Å². The van der Waals surface area contributed by atoms with E-state index in [1.807, 2.05) is 0 Å². The molecule has 1 fully saturated rings. The number of carbonyl (C=O) groups excluding carboxylic acids is 1. The summed E-state index contributed by atoms with van der Waals surface area (Å²) in [5, 5.41) is 4.14. The molecule has 1 aliphatic carbocycles. The van der Waals surface area contributed by atoms with Crippen molar-refractivity contribution < 1.29 is 9.53 Å². The van der Waals surface area contributed by atoms with Gasteiger partial charge in [-0.1, -0.05) is 31.4 Å². The number of hydrogen-bond acceptors (Lipinski definition) is 3. The predicted molar refractivity (Wildman–Crippen MR) is 77.8 cm³/mol. The van der Waals surface area contributed by atoms with Crippen LogP contribution in [0.4, 0.5) is 5.69 Å². The molecule has 0 amide bonds. The average molecular weight is 282 g/mol. The Morgan fingerprint density at radius 3 is 2.95 bits per heavy atom. The standard InChI is InChI=1S/C15H20ClNO2/c1-3-10-5-4-6-13(10)17-14-9-11(15(18)19-2)7-8-12(14)16/h7-10,13,17H,3-6H2,1-2H3. The van der Waals surface area contributed by atoms with Gasteiger partial charge in [0.1, 0.15) is 0 Å². The average Bonchev–Trinajstić information content (AvgIpc) is 2.87. The summed E-state index contributed by atoms with van der Waals surface area (Å²) in [6.07, 6.45) is 4.86. The van der Waals surface area contributed by atoms with Crippen molar-refractivity contribution in [3.05, 3.63) is 28.8 Å². The summed E-state index contributed by atoms with van der Waals surface area (Å²) < 4.78 is 4.73. The number of nitrogens with one attached hydrogen (secondary N) is 1. The molecule has 1 aliphatic rings. The van der Waals surface area contributed by atoms with Gasteiger partial charge in [0, 0.05) is 6.04 Å². The Balaban J connectivity index is 2.17. The molecule has 1 saturated carbocycles. The lowest BCUT2D eigenvalue weighted by molar-refractivity contribution is 0.0601. The van der Waals surface area contributed by atoms with E-state index < -0.39 is 0 Å². The molecule has 0 radical (unpaired) electrons. The lowest BCUT2D eigenvalue weighted by Gasteiger charge is -2.21. The third-order valence-electron chi connectivity index (χ3n) is 3.91. The van der Waals surface area contributed by atoms with Gasteiger partial charge in [-0.3, -0.25) is 0 Å². The van der Waals surface area contributed by atoms with Crippen molar-refractivity contribution >= 4 is 23.3 Å². The maximum absolute atomic E-state index is 11.5. The molecule has 0 bridgehead atoms. The quantitative estimate of drug-likeness (QED) is 0.844. The van der Waals surface area contributed by atoms with Crippen LogP contribution in [-0.4, -0.2) is 19.1 Å². The van der Waals surface area contributed by atoms with Crippen LogP contribution in [0.2, 0.25) is 5.02 Å². The first-order valence-electron chi connectivity index (χ1n) is 6.80. The largest absolute Gasteiger partial charge is 0.465 e. The number of carbonyl (C=O) groups is 1. The highest BCUT2D eigenvalue weighted by Gasteiger charge is 2.26. The van der Waals surface area contributed by atoms with Crippen LogP contribution in [0.25, 0.3) is 0 Å². The summed E-state index contributed by atoms with van der Waals surface area (Å²) in [6, 6.07) is 5.66. The van der Waals surface area contributed by atoms with Crippen LogP contribution in [0.15, 0.2) is 18.2 Å². The molecule has 3 nitrogen and oxygen atoms in total. The summed E-state index contributed by atoms with van der Waals surface area (Å²) in [4.78, 5) is 11.5. The van der Waals surface area contributed by atoms with Crippen molar-refractivity contribution in [3.63, 3.8) is 0 Å². The van der Waals surface area contributed by atoms with Crippen LogP contribution in [0.5, 0.6) is 0 Å². The minimum absolute atomic E-state index is 0.335. The molecule has 2 unspecified atom stereocenters. The lowest BCUT2D eigenvalue weighted by Crippen LogP contribution is -2.23. The van der Waals surface area contributed by atoms with E-state index in [1.54, 1.807) is 18.2 Å². The number of esters is 1. The maximum Gasteiger partial charge on any atom is 0.337 e. The lowest BCUT2D eigenvalue weighted by atomic mass is 10.0. The fourth-order valence-electron chi connectivity index (χ4n) is 2.80. The van der Waals surface area contributed by atoms with Gasteiger partial charge in [-0.2, -0.15) is 0 Å². The topological polar surface area (TPSA) is 38.3 Å². The molecule has 104 valence electrons. The first-order chi connectivity index (χ1) is 9.15. The van der Waals surface area contributed by atoms with Crippen LogP contribution in [-0.2, 0) is 4.74 Å². The molecule has 0 heterocycles. The minimum Gasteiger partial charge on any atom is -0.465 e. The summed E-state index contributed by atoms with van der Waals surface area (Å²) in [6.45, 7) is 2.22.